The van der Waals surface area contributed by atoms with Crippen molar-refractivity contribution in [2.45, 2.75) is 19.3 Å². The number of H-pyrrole nitrogens is 1. The first-order chi connectivity index (χ1) is 15.1. The molecule has 1 aromatic heterocycles. The topological polar surface area (TPSA) is 126 Å². The molecule has 0 saturated carbocycles. The normalized spacial score (nSPS) is 15.1. The van der Waals surface area contributed by atoms with Crippen LogP contribution >= 0.6 is 0 Å². The zero-order valence-corrected chi connectivity index (χ0v) is 17.2. The van der Waals surface area contributed by atoms with Crippen molar-refractivity contribution in [3.8, 4) is 40.5 Å². The lowest BCUT2D eigenvalue weighted by Crippen LogP contribution is -2.21. The number of aromatic amines is 1. The molecule has 0 aliphatic carbocycles. The van der Waals surface area contributed by atoms with Gasteiger partial charge in [0.1, 0.15) is 17.4 Å². The maximum Gasteiger partial charge on any atom is 0.244 e. The first-order valence-electron chi connectivity index (χ1n) is 9.83. The molecule has 2 heterocycles. The number of hydrogen-bond acceptors (Lipinski definition) is 7. The highest BCUT2D eigenvalue weighted by Gasteiger charge is 2.36. The molecule has 0 amide bonds. The maximum absolute atomic E-state index is 10.3. The van der Waals surface area contributed by atoms with E-state index in [0.717, 1.165) is 17.7 Å². The number of benzene rings is 2. The molecule has 4 N–H and O–H groups in total. The Morgan fingerprint density at radius 3 is 2.68 bits per heavy atom. The van der Waals surface area contributed by atoms with Crippen molar-refractivity contribution in [2.75, 3.05) is 13.7 Å². The second-order valence-corrected chi connectivity index (χ2v) is 7.05. The number of nitrogens with one attached hydrogen (secondary N) is 1. The number of aromatic nitrogens is 2. The minimum Gasteiger partial charge on any atom is -0.504 e. The van der Waals surface area contributed by atoms with E-state index in [0.29, 0.717) is 29.2 Å². The molecule has 0 saturated heterocycles. The van der Waals surface area contributed by atoms with Gasteiger partial charge in [0.25, 0.3) is 0 Å². The van der Waals surface area contributed by atoms with Crippen LogP contribution in [-0.2, 0) is 0 Å². The zero-order valence-electron chi connectivity index (χ0n) is 17.2. The fourth-order valence-electron chi connectivity index (χ4n) is 3.62. The number of phenolic OH excluding ortho intramolecular Hbond substituents is 1. The van der Waals surface area contributed by atoms with Gasteiger partial charge in [-0.2, -0.15) is 5.26 Å². The summed E-state index contributed by atoms with van der Waals surface area (Å²) in [5.41, 5.74) is 9.12. The van der Waals surface area contributed by atoms with Crippen LogP contribution in [0.4, 0.5) is 0 Å². The highest BCUT2D eigenvalue weighted by Crippen LogP contribution is 2.46. The summed E-state index contributed by atoms with van der Waals surface area (Å²) in [5, 5.41) is 27.4. The number of methoxy groups -OCH3 is 1. The van der Waals surface area contributed by atoms with Gasteiger partial charge in [0.2, 0.25) is 11.8 Å². The fraction of sp³-hybridized carbons (Fsp3) is 0.217. The Balaban J connectivity index is 1.82. The van der Waals surface area contributed by atoms with Crippen LogP contribution in [0.25, 0.3) is 11.3 Å². The van der Waals surface area contributed by atoms with Gasteiger partial charge in [0.15, 0.2) is 11.5 Å². The van der Waals surface area contributed by atoms with Crippen LogP contribution in [0.15, 0.2) is 53.9 Å². The van der Waals surface area contributed by atoms with Gasteiger partial charge >= 0.3 is 0 Å². The number of rotatable bonds is 6. The average molecular weight is 418 g/mol. The molecule has 2 aromatic carbocycles. The highest BCUT2D eigenvalue weighted by molar-refractivity contribution is 5.71. The van der Waals surface area contributed by atoms with Crippen LogP contribution in [-0.4, -0.2) is 29.0 Å². The van der Waals surface area contributed by atoms with Crippen LogP contribution < -0.4 is 19.9 Å². The van der Waals surface area contributed by atoms with Crippen LogP contribution in [0.2, 0.25) is 0 Å². The van der Waals surface area contributed by atoms with Crippen LogP contribution in [0.1, 0.15) is 30.4 Å². The zero-order chi connectivity index (χ0) is 22.0. The fourth-order valence-corrected chi connectivity index (χ4v) is 3.62. The molecule has 1 aliphatic heterocycles. The first-order valence-corrected chi connectivity index (χ1v) is 9.83. The van der Waals surface area contributed by atoms with Gasteiger partial charge in [-0.15, -0.1) is 5.10 Å². The molecular formula is C23H22N4O4. The number of nitrogens with zero attached hydrogens (tertiary/aromatic N) is 2. The summed E-state index contributed by atoms with van der Waals surface area (Å²) in [6, 6.07) is 14.7. The minimum absolute atomic E-state index is 0.0170. The standard InChI is InChI=1S/C23H22N4O4/c1-3-10-30-15-7-4-13(5-8-15)21-20-19(14-6-9-18(29-2)17(28)11-14)16(12-24)22(25)31-23(20)27-26-21/h4-9,11,19,28H,3,10,25H2,1-2H3,(H,26,27)/t19-/m1/s1. The van der Waals surface area contributed by atoms with E-state index in [1.54, 1.807) is 18.2 Å². The van der Waals surface area contributed by atoms with E-state index in [1.807, 2.05) is 31.2 Å². The lowest BCUT2D eigenvalue weighted by molar-refractivity contribution is 0.317. The Kier molecular flexibility index (Phi) is 5.41. The van der Waals surface area contributed by atoms with E-state index in [2.05, 4.69) is 16.3 Å². The SMILES string of the molecule is CCCOc1ccc(-c2[nH]nc3c2[C@H](c2ccc(OC)c(O)c2)C(C#N)=C(N)O3)cc1. The molecule has 1 atom stereocenters. The maximum atomic E-state index is 10.3. The third kappa shape index (κ3) is 3.62. The Bertz CT molecular complexity index is 1180. The summed E-state index contributed by atoms with van der Waals surface area (Å²) in [5.74, 6) is 0.770. The molecule has 0 bridgehead atoms. The molecule has 31 heavy (non-hydrogen) atoms. The second-order valence-electron chi connectivity index (χ2n) is 7.05. The van der Waals surface area contributed by atoms with E-state index >= 15 is 0 Å². The van der Waals surface area contributed by atoms with Crippen molar-refractivity contribution >= 4 is 0 Å². The van der Waals surface area contributed by atoms with Gasteiger partial charge < -0.3 is 25.1 Å². The number of nitriles is 1. The number of phenols is 1. The van der Waals surface area contributed by atoms with Gasteiger partial charge in [-0.1, -0.05) is 13.0 Å². The quantitative estimate of drug-likeness (QED) is 0.556. The summed E-state index contributed by atoms with van der Waals surface area (Å²) in [4.78, 5) is 0. The Morgan fingerprint density at radius 2 is 2.03 bits per heavy atom. The monoisotopic (exact) mass is 418 g/mol. The van der Waals surface area contributed by atoms with Crippen molar-refractivity contribution < 1.29 is 19.3 Å². The van der Waals surface area contributed by atoms with Gasteiger partial charge in [0, 0.05) is 5.56 Å². The predicted octanol–water partition coefficient (Wildman–Crippen LogP) is 3.80. The van der Waals surface area contributed by atoms with Gasteiger partial charge in [-0.3, -0.25) is 5.10 Å². The molecule has 3 aromatic rings. The summed E-state index contributed by atoms with van der Waals surface area (Å²) in [6.07, 6.45) is 0.925. The average Bonchev–Trinajstić information content (AvgIpc) is 3.20. The van der Waals surface area contributed by atoms with Crippen LogP contribution in [0.5, 0.6) is 23.1 Å². The number of nitrogens with two attached hydrogens (primary N) is 1. The third-order valence-electron chi connectivity index (χ3n) is 5.09. The Morgan fingerprint density at radius 1 is 1.26 bits per heavy atom. The number of ether oxygens (including phenoxy) is 3. The van der Waals surface area contributed by atoms with Gasteiger partial charge in [0.05, 0.1) is 30.9 Å². The first kappa shape index (κ1) is 20.2. The van der Waals surface area contributed by atoms with Crippen molar-refractivity contribution in [1.82, 2.24) is 10.2 Å². The van der Waals surface area contributed by atoms with Crippen molar-refractivity contribution in [1.29, 1.82) is 5.26 Å². The van der Waals surface area contributed by atoms with E-state index in [4.69, 9.17) is 19.9 Å². The largest absolute Gasteiger partial charge is 0.504 e. The molecule has 0 radical (unpaired) electrons. The molecule has 1 aliphatic rings. The molecule has 0 unspecified atom stereocenters. The van der Waals surface area contributed by atoms with Crippen LogP contribution in [0.3, 0.4) is 0 Å². The molecule has 158 valence electrons. The molecule has 8 nitrogen and oxygen atoms in total. The predicted molar refractivity (Wildman–Crippen MR) is 114 cm³/mol. The highest BCUT2D eigenvalue weighted by atomic mass is 16.5. The summed E-state index contributed by atoms with van der Waals surface area (Å²) >= 11 is 0. The lowest BCUT2D eigenvalue weighted by Gasteiger charge is -2.24. The molecule has 0 fully saturated rings. The Hall–Kier alpha value is -4.12. The second kappa shape index (κ2) is 8.32. The number of aromatic hydroxyl groups is 1. The molecule has 4 rings (SSSR count). The number of hydrogen-bond donors (Lipinski definition) is 3. The summed E-state index contributed by atoms with van der Waals surface area (Å²) in [7, 11) is 1.47. The smallest absolute Gasteiger partial charge is 0.244 e. The van der Waals surface area contributed by atoms with Gasteiger partial charge in [-0.05, 0) is 48.4 Å². The van der Waals surface area contributed by atoms with Crippen molar-refractivity contribution in [3.05, 3.63) is 65.0 Å². The lowest BCUT2D eigenvalue weighted by atomic mass is 9.83. The van der Waals surface area contributed by atoms with Gasteiger partial charge in [-0.25, -0.2) is 0 Å². The summed E-state index contributed by atoms with van der Waals surface area (Å²) in [6.45, 7) is 2.69. The van der Waals surface area contributed by atoms with E-state index in [9.17, 15) is 10.4 Å². The molecule has 8 heteroatoms. The third-order valence-corrected chi connectivity index (χ3v) is 5.09. The van der Waals surface area contributed by atoms with E-state index in [-0.39, 0.29) is 23.1 Å². The van der Waals surface area contributed by atoms with Crippen molar-refractivity contribution in [3.63, 3.8) is 0 Å². The van der Waals surface area contributed by atoms with Crippen molar-refractivity contribution in [2.24, 2.45) is 5.73 Å². The van der Waals surface area contributed by atoms with E-state index in [1.165, 1.54) is 7.11 Å². The van der Waals surface area contributed by atoms with E-state index < -0.39 is 5.92 Å². The molecular weight excluding hydrogens is 396 g/mol. The summed E-state index contributed by atoms with van der Waals surface area (Å²) < 4.78 is 16.4. The number of fused-ring (bicyclic) bond motifs is 1. The number of allylic oxidation sites excluding steroid dienone is 1. The molecule has 0 spiro atoms. The van der Waals surface area contributed by atoms with Crippen LogP contribution in [0, 0.1) is 11.3 Å². The minimum atomic E-state index is -0.574. The Labute approximate surface area is 179 Å².